The summed E-state index contributed by atoms with van der Waals surface area (Å²) in [5.41, 5.74) is 2.96. The Morgan fingerprint density at radius 1 is 1.25 bits per heavy atom. The summed E-state index contributed by atoms with van der Waals surface area (Å²) in [7, 11) is 0. The number of hydrogen-bond donors (Lipinski definition) is 1. The Bertz CT molecular complexity index is 855. The fraction of sp³-hybridized carbons (Fsp3) is 0.316. The zero-order chi connectivity index (χ0) is 16.7. The molecule has 1 aliphatic rings. The summed E-state index contributed by atoms with van der Waals surface area (Å²) in [5.74, 6) is 0.815. The van der Waals surface area contributed by atoms with E-state index in [1.165, 1.54) is 0 Å². The molecule has 4 rings (SSSR count). The van der Waals surface area contributed by atoms with E-state index >= 15 is 0 Å². The maximum Gasteiger partial charge on any atom is 0.165 e. The van der Waals surface area contributed by atoms with E-state index in [-0.39, 0.29) is 5.75 Å². The molecule has 4 nitrogen and oxygen atoms in total. The Morgan fingerprint density at radius 3 is 2.88 bits per heavy atom. The second kappa shape index (κ2) is 6.07. The molecule has 2 aromatic carbocycles. The van der Waals surface area contributed by atoms with Gasteiger partial charge in [-0.15, -0.1) is 11.3 Å². The molecule has 1 N–H and O–H groups in total. The number of aromatic hydroxyl groups is 1. The predicted octanol–water partition coefficient (Wildman–Crippen LogP) is 4.27. The van der Waals surface area contributed by atoms with Crippen LogP contribution in [-0.4, -0.2) is 34.2 Å². The van der Waals surface area contributed by atoms with E-state index < -0.39 is 0 Å². The van der Waals surface area contributed by atoms with Crippen LogP contribution in [0.4, 0.5) is 0 Å². The third kappa shape index (κ3) is 2.74. The lowest BCUT2D eigenvalue weighted by atomic mass is 10.1. The van der Waals surface area contributed by atoms with Crippen molar-refractivity contribution in [3.8, 4) is 22.1 Å². The molecule has 124 valence electrons. The van der Waals surface area contributed by atoms with Gasteiger partial charge in [0.05, 0.1) is 10.2 Å². The largest absolute Gasteiger partial charge is 0.504 e. The van der Waals surface area contributed by atoms with E-state index in [1.54, 1.807) is 17.4 Å². The van der Waals surface area contributed by atoms with Crippen LogP contribution < -0.4 is 4.74 Å². The SMILES string of the molecule is CC(C)N1CCOc2c(O)cc(-c3nc4ccccc4s3)cc2C1. The summed E-state index contributed by atoms with van der Waals surface area (Å²) in [5, 5.41) is 11.4. The van der Waals surface area contributed by atoms with Gasteiger partial charge >= 0.3 is 0 Å². The van der Waals surface area contributed by atoms with Crippen LogP contribution in [0.3, 0.4) is 0 Å². The third-order valence-corrected chi connectivity index (χ3v) is 5.50. The number of rotatable bonds is 2. The van der Waals surface area contributed by atoms with Gasteiger partial charge in [0.1, 0.15) is 11.6 Å². The van der Waals surface area contributed by atoms with Crippen LogP contribution in [0.1, 0.15) is 19.4 Å². The van der Waals surface area contributed by atoms with Crippen molar-refractivity contribution in [1.29, 1.82) is 0 Å². The summed E-state index contributed by atoms with van der Waals surface area (Å²) < 4.78 is 6.96. The molecule has 0 atom stereocenters. The van der Waals surface area contributed by atoms with Crippen molar-refractivity contribution < 1.29 is 9.84 Å². The molecule has 5 heteroatoms. The average Bonchev–Trinajstić information content (AvgIpc) is 2.87. The molecule has 3 aromatic rings. The lowest BCUT2D eigenvalue weighted by molar-refractivity contribution is 0.187. The molecule has 24 heavy (non-hydrogen) atoms. The Kier molecular flexibility index (Phi) is 3.90. The van der Waals surface area contributed by atoms with Gasteiger partial charge < -0.3 is 9.84 Å². The average molecular weight is 340 g/mol. The van der Waals surface area contributed by atoms with E-state index in [9.17, 15) is 5.11 Å². The van der Waals surface area contributed by atoms with Crippen LogP contribution in [0, 0.1) is 0 Å². The van der Waals surface area contributed by atoms with Crippen molar-refractivity contribution in [2.45, 2.75) is 26.4 Å². The smallest absolute Gasteiger partial charge is 0.165 e. The number of aromatic nitrogens is 1. The number of para-hydroxylation sites is 1. The highest BCUT2D eigenvalue weighted by Gasteiger charge is 2.21. The van der Waals surface area contributed by atoms with Gasteiger partial charge in [0, 0.05) is 30.3 Å². The zero-order valence-electron chi connectivity index (χ0n) is 13.8. The monoisotopic (exact) mass is 340 g/mol. The first-order chi connectivity index (χ1) is 11.6. The number of thiazole rings is 1. The summed E-state index contributed by atoms with van der Waals surface area (Å²) in [4.78, 5) is 7.06. The number of benzene rings is 2. The van der Waals surface area contributed by atoms with Gasteiger partial charge in [0.15, 0.2) is 11.5 Å². The standard InChI is InChI=1S/C19H20N2O2S/c1-12(2)21-7-8-23-18-14(11-21)9-13(10-16(18)22)19-20-15-5-3-4-6-17(15)24-19/h3-6,9-10,12,22H,7-8,11H2,1-2H3. The van der Waals surface area contributed by atoms with Crippen molar-refractivity contribution in [3.05, 3.63) is 42.0 Å². The normalized spacial score (nSPS) is 15.3. The van der Waals surface area contributed by atoms with Crippen molar-refractivity contribution in [1.82, 2.24) is 9.88 Å². The second-order valence-corrected chi connectivity index (χ2v) is 7.41. The number of ether oxygens (including phenoxy) is 1. The summed E-state index contributed by atoms with van der Waals surface area (Å²) in [6.45, 7) is 6.60. The number of nitrogens with zero attached hydrogens (tertiary/aromatic N) is 2. The fourth-order valence-electron chi connectivity index (χ4n) is 3.08. The van der Waals surface area contributed by atoms with Crippen molar-refractivity contribution in [3.63, 3.8) is 0 Å². The van der Waals surface area contributed by atoms with Gasteiger partial charge in [-0.3, -0.25) is 4.90 Å². The van der Waals surface area contributed by atoms with Gasteiger partial charge in [0.2, 0.25) is 0 Å². The Balaban J connectivity index is 1.79. The van der Waals surface area contributed by atoms with Gasteiger partial charge in [-0.1, -0.05) is 12.1 Å². The summed E-state index contributed by atoms with van der Waals surface area (Å²) in [6, 6.07) is 12.4. The zero-order valence-corrected chi connectivity index (χ0v) is 14.6. The van der Waals surface area contributed by atoms with Crippen molar-refractivity contribution >= 4 is 21.6 Å². The van der Waals surface area contributed by atoms with E-state index in [0.29, 0.717) is 18.4 Å². The quantitative estimate of drug-likeness (QED) is 0.757. The maximum absolute atomic E-state index is 10.5. The molecule has 0 radical (unpaired) electrons. The molecule has 0 spiro atoms. The van der Waals surface area contributed by atoms with Crippen LogP contribution in [-0.2, 0) is 6.54 Å². The van der Waals surface area contributed by atoms with Gasteiger partial charge in [-0.25, -0.2) is 4.98 Å². The third-order valence-electron chi connectivity index (χ3n) is 4.42. The Hall–Kier alpha value is -2.11. The Morgan fingerprint density at radius 2 is 2.08 bits per heavy atom. The predicted molar refractivity (Wildman–Crippen MR) is 97.8 cm³/mol. The molecule has 0 saturated carbocycles. The van der Waals surface area contributed by atoms with Crippen LogP contribution in [0.5, 0.6) is 11.5 Å². The molecule has 0 saturated heterocycles. The molecule has 0 amide bonds. The van der Waals surface area contributed by atoms with Crippen LogP contribution in [0.15, 0.2) is 36.4 Å². The topological polar surface area (TPSA) is 45.6 Å². The highest BCUT2D eigenvalue weighted by atomic mass is 32.1. The summed E-state index contributed by atoms with van der Waals surface area (Å²) >= 11 is 1.65. The highest BCUT2D eigenvalue weighted by molar-refractivity contribution is 7.21. The second-order valence-electron chi connectivity index (χ2n) is 6.38. The van der Waals surface area contributed by atoms with E-state index in [2.05, 4.69) is 30.9 Å². The molecular formula is C19H20N2O2S. The van der Waals surface area contributed by atoms with E-state index in [4.69, 9.17) is 9.72 Å². The lowest BCUT2D eigenvalue weighted by Crippen LogP contribution is -2.32. The fourth-order valence-corrected chi connectivity index (χ4v) is 4.03. The van der Waals surface area contributed by atoms with Crippen molar-refractivity contribution in [2.24, 2.45) is 0 Å². The number of hydrogen-bond acceptors (Lipinski definition) is 5. The maximum atomic E-state index is 10.5. The minimum atomic E-state index is 0.201. The molecule has 0 bridgehead atoms. The van der Waals surface area contributed by atoms with Gasteiger partial charge in [-0.05, 0) is 38.1 Å². The minimum absolute atomic E-state index is 0.201. The van der Waals surface area contributed by atoms with Gasteiger partial charge in [-0.2, -0.15) is 0 Å². The molecule has 1 aliphatic heterocycles. The van der Waals surface area contributed by atoms with Crippen LogP contribution in [0.2, 0.25) is 0 Å². The first-order valence-corrected chi connectivity index (χ1v) is 9.02. The molecule has 0 fully saturated rings. The molecule has 1 aromatic heterocycles. The van der Waals surface area contributed by atoms with Crippen molar-refractivity contribution in [2.75, 3.05) is 13.2 Å². The number of fused-ring (bicyclic) bond motifs is 2. The van der Waals surface area contributed by atoms with E-state index in [0.717, 1.165) is 39.4 Å². The lowest BCUT2D eigenvalue weighted by Gasteiger charge is -2.23. The number of phenols is 1. The first kappa shape index (κ1) is 15.4. The molecule has 0 aliphatic carbocycles. The molecular weight excluding hydrogens is 320 g/mol. The minimum Gasteiger partial charge on any atom is -0.504 e. The van der Waals surface area contributed by atoms with Crippen LogP contribution >= 0.6 is 11.3 Å². The number of phenolic OH excluding ortho intramolecular Hbond substituents is 1. The molecule has 0 unspecified atom stereocenters. The highest BCUT2D eigenvalue weighted by Crippen LogP contribution is 2.39. The first-order valence-electron chi connectivity index (χ1n) is 8.20. The molecule has 2 heterocycles. The van der Waals surface area contributed by atoms with Crippen LogP contribution in [0.25, 0.3) is 20.8 Å². The summed E-state index contributed by atoms with van der Waals surface area (Å²) in [6.07, 6.45) is 0. The van der Waals surface area contributed by atoms with Gasteiger partial charge in [0.25, 0.3) is 0 Å². The van der Waals surface area contributed by atoms with E-state index in [1.807, 2.05) is 18.2 Å². The Labute approximate surface area is 145 Å².